The lowest BCUT2D eigenvalue weighted by atomic mass is 9.89. The van der Waals surface area contributed by atoms with Gasteiger partial charge >= 0.3 is 5.97 Å². The fourth-order valence-corrected chi connectivity index (χ4v) is 1.76. The molecule has 0 amide bonds. The molecular weight excluding hydrogens is 230 g/mol. The van der Waals surface area contributed by atoms with Crippen LogP contribution in [0.4, 0.5) is 0 Å². The van der Waals surface area contributed by atoms with E-state index < -0.39 is 11.5 Å². The summed E-state index contributed by atoms with van der Waals surface area (Å²) >= 11 is 0. The lowest BCUT2D eigenvalue weighted by molar-refractivity contribution is -0.144. The number of ether oxygens (including phenoxy) is 1. The smallest absolute Gasteiger partial charge is 0.328 e. The van der Waals surface area contributed by atoms with Crippen LogP contribution < -0.4 is 5.32 Å². The number of aryl methyl sites for hydroxylation is 2. The molecule has 1 unspecified atom stereocenters. The van der Waals surface area contributed by atoms with Gasteiger partial charge in [-0.05, 0) is 37.5 Å². The number of carbonyl (C=O) groups is 1. The van der Waals surface area contributed by atoms with Gasteiger partial charge in [-0.1, -0.05) is 18.2 Å². The van der Waals surface area contributed by atoms with Crippen molar-refractivity contribution < 1.29 is 14.6 Å². The molecule has 2 N–H and O–H groups in total. The second-order valence-corrected chi connectivity index (χ2v) is 4.65. The Morgan fingerprint density at radius 2 is 2.06 bits per heavy atom. The van der Waals surface area contributed by atoms with Gasteiger partial charge in [0.2, 0.25) is 0 Å². The van der Waals surface area contributed by atoms with E-state index in [1.54, 1.807) is 14.0 Å². The molecule has 0 aromatic heterocycles. The maximum absolute atomic E-state index is 11.5. The highest BCUT2D eigenvalue weighted by molar-refractivity contribution is 5.80. The fourth-order valence-electron chi connectivity index (χ4n) is 1.76. The molecule has 0 saturated heterocycles. The van der Waals surface area contributed by atoms with Crippen molar-refractivity contribution in [2.45, 2.75) is 26.3 Å². The van der Waals surface area contributed by atoms with Gasteiger partial charge in [0.1, 0.15) is 5.54 Å². The summed E-state index contributed by atoms with van der Waals surface area (Å²) in [5.74, 6) is -0.887. The van der Waals surface area contributed by atoms with Crippen molar-refractivity contribution in [1.29, 1.82) is 0 Å². The van der Waals surface area contributed by atoms with E-state index in [4.69, 9.17) is 4.74 Å². The van der Waals surface area contributed by atoms with Crippen molar-refractivity contribution in [2.24, 2.45) is 0 Å². The molecule has 0 fully saturated rings. The van der Waals surface area contributed by atoms with Crippen LogP contribution in [0.1, 0.15) is 23.6 Å². The van der Waals surface area contributed by atoms with Gasteiger partial charge in [-0.15, -0.1) is 0 Å². The van der Waals surface area contributed by atoms with E-state index in [0.29, 0.717) is 13.2 Å². The normalized spacial score (nSPS) is 14.2. The van der Waals surface area contributed by atoms with Crippen LogP contribution in [0, 0.1) is 13.8 Å². The van der Waals surface area contributed by atoms with Crippen molar-refractivity contribution in [1.82, 2.24) is 5.32 Å². The quantitative estimate of drug-likeness (QED) is 0.757. The van der Waals surface area contributed by atoms with E-state index in [1.165, 1.54) is 0 Å². The van der Waals surface area contributed by atoms with Crippen LogP contribution in [0.15, 0.2) is 18.2 Å². The minimum Gasteiger partial charge on any atom is -0.480 e. The molecule has 0 bridgehead atoms. The molecule has 1 rings (SSSR count). The first-order chi connectivity index (χ1) is 8.41. The standard InChI is InChI=1S/C14H21NO3/c1-10-5-6-12(9-11(10)2)14(3,13(16)17)15-7-8-18-4/h5-6,9,15H,7-8H2,1-4H3,(H,16,17). The molecule has 0 aliphatic carbocycles. The molecule has 100 valence electrons. The van der Waals surface area contributed by atoms with Gasteiger partial charge in [0.25, 0.3) is 0 Å². The van der Waals surface area contributed by atoms with Crippen molar-refractivity contribution >= 4 is 5.97 Å². The zero-order valence-corrected chi connectivity index (χ0v) is 11.4. The third-order valence-electron chi connectivity index (χ3n) is 3.30. The van der Waals surface area contributed by atoms with Crippen molar-refractivity contribution in [3.8, 4) is 0 Å². The highest BCUT2D eigenvalue weighted by atomic mass is 16.5. The minimum atomic E-state index is -1.09. The number of aliphatic carboxylic acids is 1. The third-order valence-corrected chi connectivity index (χ3v) is 3.30. The summed E-state index contributed by atoms with van der Waals surface area (Å²) in [6.45, 7) is 6.64. The Hall–Kier alpha value is -1.39. The molecule has 0 radical (unpaired) electrons. The number of hydrogen-bond donors (Lipinski definition) is 2. The Morgan fingerprint density at radius 1 is 1.39 bits per heavy atom. The van der Waals surface area contributed by atoms with Gasteiger partial charge in [-0.3, -0.25) is 5.32 Å². The number of carboxylic acid groups (broad SMARTS) is 1. The lowest BCUT2D eigenvalue weighted by Gasteiger charge is -2.27. The first kappa shape index (κ1) is 14.7. The second-order valence-electron chi connectivity index (χ2n) is 4.65. The van der Waals surface area contributed by atoms with Gasteiger partial charge in [-0.2, -0.15) is 0 Å². The van der Waals surface area contributed by atoms with Gasteiger partial charge in [0.05, 0.1) is 6.61 Å². The van der Waals surface area contributed by atoms with Gasteiger partial charge in [-0.25, -0.2) is 4.79 Å². The maximum atomic E-state index is 11.5. The van der Waals surface area contributed by atoms with Crippen LogP contribution in [0.2, 0.25) is 0 Å². The molecule has 0 heterocycles. The Bertz CT molecular complexity index is 431. The fraction of sp³-hybridized carbons (Fsp3) is 0.500. The maximum Gasteiger partial charge on any atom is 0.328 e. The lowest BCUT2D eigenvalue weighted by Crippen LogP contribution is -2.47. The second kappa shape index (κ2) is 5.98. The summed E-state index contributed by atoms with van der Waals surface area (Å²) in [6.07, 6.45) is 0. The Kier molecular flexibility index (Phi) is 4.87. The van der Waals surface area contributed by atoms with E-state index in [1.807, 2.05) is 32.0 Å². The molecule has 4 nitrogen and oxygen atoms in total. The molecule has 0 spiro atoms. The first-order valence-corrected chi connectivity index (χ1v) is 5.97. The topological polar surface area (TPSA) is 58.6 Å². The molecule has 0 saturated carbocycles. The average Bonchev–Trinajstić information content (AvgIpc) is 2.32. The van der Waals surface area contributed by atoms with Crippen LogP contribution in [-0.4, -0.2) is 31.3 Å². The van der Waals surface area contributed by atoms with Crippen LogP contribution >= 0.6 is 0 Å². The van der Waals surface area contributed by atoms with E-state index in [9.17, 15) is 9.90 Å². The number of nitrogens with one attached hydrogen (secondary N) is 1. The third kappa shape index (κ3) is 3.09. The van der Waals surface area contributed by atoms with E-state index in [0.717, 1.165) is 16.7 Å². The summed E-state index contributed by atoms with van der Waals surface area (Å²) in [5, 5.41) is 12.5. The molecule has 0 aliphatic rings. The average molecular weight is 251 g/mol. The molecular formula is C14H21NO3. The van der Waals surface area contributed by atoms with Crippen LogP contribution in [0.5, 0.6) is 0 Å². The summed E-state index contributed by atoms with van der Waals surface area (Å²) in [4.78, 5) is 11.5. The summed E-state index contributed by atoms with van der Waals surface area (Å²) in [7, 11) is 1.59. The predicted octanol–water partition coefficient (Wildman–Crippen LogP) is 1.84. The van der Waals surface area contributed by atoms with Crippen molar-refractivity contribution in [2.75, 3.05) is 20.3 Å². The van der Waals surface area contributed by atoms with E-state index >= 15 is 0 Å². The minimum absolute atomic E-state index is 0.480. The highest BCUT2D eigenvalue weighted by Crippen LogP contribution is 2.23. The van der Waals surface area contributed by atoms with Crippen molar-refractivity contribution in [3.05, 3.63) is 34.9 Å². The zero-order valence-electron chi connectivity index (χ0n) is 11.4. The molecule has 0 aliphatic heterocycles. The van der Waals surface area contributed by atoms with Gasteiger partial charge < -0.3 is 9.84 Å². The molecule has 1 aromatic rings. The number of carboxylic acids is 1. The molecule has 1 aromatic carbocycles. The van der Waals surface area contributed by atoms with Crippen LogP contribution in [0.3, 0.4) is 0 Å². The number of benzene rings is 1. The molecule has 18 heavy (non-hydrogen) atoms. The van der Waals surface area contributed by atoms with E-state index in [-0.39, 0.29) is 0 Å². The van der Waals surface area contributed by atoms with Gasteiger partial charge in [0.15, 0.2) is 0 Å². The summed E-state index contributed by atoms with van der Waals surface area (Å²) in [6, 6.07) is 5.73. The SMILES string of the molecule is COCCNC(C)(C(=O)O)c1ccc(C)c(C)c1. The molecule has 1 atom stereocenters. The summed E-state index contributed by atoms with van der Waals surface area (Å²) in [5.41, 5.74) is 1.92. The van der Waals surface area contributed by atoms with Gasteiger partial charge in [0, 0.05) is 13.7 Å². The van der Waals surface area contributed by atoms with E-state index in [2.05, 4.69) is 5.32 Å². The first-order valence-electron chi connectivity index (χ1n) is 5.97. The van der Waals surface area contributed by atoms with Crippen LogP contribution in [-0.2, 0) is 15.1 Å². The Morgan fingerprint density at radius 3 is 2.56 bits per heavy atom. The van der Waals surface area contributed by atoms with Crippen molar-refractivity contribution in [3.63, 3.8) is 0 Å². The monoisotopic (exact) mass is 251 g/mol. The predicted molar refractivity (Wildman–Crippen MR) is 70.8 cm³/mol. The molecule has 4 heteroatoms. The zero-order chi connectivity index (χ0) is 13.8. The summed E-state index contributed by atoms with van der Waals surface area (Å²) < 4.78 is 4.94. The number of rotatable bonds is 6. The largest absolute Gasteiger partial charge is 0.480 e. The Balaban J connectivity index is 3.02. The highest BCUT2D eigenvalue weighted by Gasteiger charge is 2.34. The number of hydrogen-bond acceptors (Lipinski definition) is 3. The van der Waals surface area contributed by atoms with Crippen LogP contribution in [0.25, 0.3) is 0 Å². The Labute approximate surface area is 108 Å². The number of methoxy groups -OCH3 is 1.